The van der Waals surface area contributed by atoms with Crippen molar-refractivity contribution >= 4 is 5.97 Å². The summed E-state index contributed by atoms with van der Waals surface area (Å²) in [6, 6.07) is -0.239. The minimum Gasteiger partial charge on any atom is -0.480 e. The number of hydrogen-bond acceptors (Lipinski definition) is 3. The quantitative estimate of drug-likeness (QED) is 0.831. The van der Waals surface area contributed by atoms with Crippen LogP contribution in [-0.4, -0.2) is 59.6 Å². The molecule has 1 atom stereocenters. The second-order valence-corrected chi connectivity index (χ2v) is 5.64. The first kappa shape index (κ1) is 13.8. The molecule has 0 aromatic heterocycles. The summed E-state index contributed by atoms with van der Waals surface area (Å²) in [6.45, 7) is 5.34. The molecule has 0 aliphatic carbocycles. The molecule has 2 fully saturated rings. The van der Waals surface area contributed by atoms with Crippen LogP contribution < -0.4 is 0 Å². The van der Waals surface area contributed by atoms with Crippen molar-refractivity contribution in [2.24, 2.45) is 0 Å². The first-order valence-electron chi connectivity index (χ1n) is 7.46. The summed E-state index contributed by atoms with van der Waals surface area (Å²) in [7, 11) is 0. The summed E-state index contributed by atoms with van der Waals surface area (Å²) in [5.41, 5.74) is 0. The predicted molar refractivity (Wildman–Crippen MR) is 71.8 cm³/mol. The van der Waals surface area contributed by atoms with Crippen molar-refractivity contribution in [1.29, 1.82) is 0 Å². The Kier molecular flexibility index (Phi) is 5.45. The summed E-state index contributed by atoms with van der Waals surface area (Å²) < 4.78 is 0. The third-order valence-electron chi connectivity index (χ3n) is 4.30. The van der Waals surface area contributed by atoms with E-state index in [2.05, 4.69) is 9.80 Å². The van der Waals surface area contributed by atoms with Gasteiger partial charge in [-0.25, -0.2) is 0 Å². The van der Waals surface area contributed by atoms with Crippen molar-refractivity contribution in [3.8, 4) is 0 Å². The van der Waals surface area contributed by atoms with E-state index in [1.54, 1.807) is 0 Å². The third kappa shape index (κ3) is 3.95. The number of hydrogen-bond donors (Lipinski definition) is 1. The Hall–Kier alpha value is -0.610. The fourth-order valence-electron chi connectivity index (χ4n) is 3.17. The molecule has 2 saturated heterocycles. The van der Waals surface area contributed by atoms with E-state index in [1.165, 1.54) is 38.8 Å². The highest BCUT2D eigenvalue weighted by Crippen LogP contribution is 2.17. The third-order valence-corrected chi connectivity index (χ3v) is 4.30. The van der Waals surface area contributed by atoms with Crippen LogP contribution in [0.25, 0.3) is 0 Å². The van der Waals surface area contributed by atoms with Gasteiger partial charge >= 0.3 is 5.97 Å². The van der Waals surface area contributed by atoms with Gasteiger partial charge in [-0.2, -0.15) is 0 Å². The Morgan fingerprint density at radius 2 is 1.61 bits per heavy atom. The van der Waals surface area contributed by atoms with E-state index >= 15 is 0 Å². The minimum absolute atomic E-state index is 0.239. The molecule has 2 aliphatic heterocycles. The molecule has 2 heterocycles. The number of carboxylic acids is 1. The van der Waals surface area contributed by atoms with Gasteiger partial charge in [0.15, 0.2) is 0 Å². The smallest absolute Gasteiger partial charge is 0.320 e. The summed E-state index contributed by atoms with van der Waals surface area (Å²) in [5.74, 6) is -0.629. The lowest BCUT2D eigenvalue weighted by Crippen LogP contribution is -2.45. The van der Waals surface area contributed by atoms with Gasteiger partial charge in [0.1, 0.15) is 6.04 Å². The summed E-state index contributed by atoms with van der Waals surface area (Å²) in [5, 5.41) is 9.32. The maximum Gasteiger partial charge on any atom is 0.320 e. The van der Waals surface area contributed by atoms with Crippen molar-refractivity contribution in [2.75, 3.05) is 32.7 Å². The van der Waals surface area contributed by atoms with Gasteiger partial charge in [-0.3, -0.25) is 9.69 Å². The number of aliphatic carboxylic acids is 1. The van der Waals surface area contributed by atoms with Crippen LogP contribution >= 0.6 is 0 Å². The predicted octanol–water partition coefficient (Wildman–Crippen LogP) is 1.80. The Bertz CT molecular complexity index is 265. The maximum atomic E-state index is 11.3. The van der Waals surface area contributed by atoms with Crippen molar-refractivity contribution in [1.82, 2.24) is 9.80 Å². The molecular weight excluding hydrogens is 228 g/mol. The molecule has 0 amide bonds. The molecule has 104 valence electrons. The number of carboxylic acid groups (broad SMARTS) is 1. The van der Waals surface area contributed by atoms with Crippen molar-refractivity contribution < 1.29 is 9.90 Å². The maximum absolute atomic E-state index is 11.3. The molecule has 1 unspecified atom stereocenters. The normalized spacial score (nSPS) is 27.9. The Morgan fingerprint density at radius 3 is 2.33 bits per heavy atom. The highest BCUT2D eigenvalue weighted by molar-refractivity contribution is 5.73. The van der Waals surface area contributed by atoms with Crippen molar-refractivity contribution in [3.05, 3.63) is 0 Å². The molecule has 0 spiro atoms. The molecule has 2 aliphatic rings. The number of rotatable bonds is 4. The molecular formula is C14H26N2O2. The molecule has 0 aromatic carbocycles. The van der Waals surface area contributed by atoms with Crippen LogP contribution in [0.5, 0.6) is 0 Å². The van der Waals surface area contributed by atoms with E-state index in [9.17, 15) is 9.90 Å². The van der Waals surface area contributed by atoms with Crippen LogP contribution in [0.3, 0.4) is 0 Å². The van der Waals surface area contributed by atoms with E-state index < -0.39 is 5.97 Å². The second-order valence-electron chi connectivity index (χ2n) is 5.64. The first-order valence-corrected chi connectivity index (χ1v) is 7.46. The van der Waals surface area contributed by atoms with Gasteiger partial charge in [-0.15, -0.1) is 0 Å². The molecule has 18 heavy (non-hydrogen) atoms. The van der Waals surface area contributed by atoms with Gasteiger partial charge in [-0.05, 0) is 45.3 Å². The Labute approximate surface area is 110 Å². The van der Waals surface area contributed by atoms with E-state index in [0.29, 0.717) is 0 Å². The van der Waals surface area contributed by atoms with Crippen LogP contribution in [0, 0.1) is 0 Å². The highest BCUT2D eigenvalue weighted by Gasteiger charge is 2.27. The van der Waals surface area contributed by atoms with Crippen molar-refractivity contribution in [3.63, 3.8) is 0 Å². The molecule has 2 rings (SSSR count). The van der Waals surface area contributed by atoms with Crippen molar-refractivity contribution in [2.45, 2.75) is 51.0 Å². The SMILES string of the molecule is O=C(O)C1CCCCCN1CCN1CCCCC1. The van der Waals surface area contributed by atoms with Gasteiger partial charge in [0.2, 0.25) is 0 Å². The van der Waals surface area contributed by atoms with E-state index in [0.717, 1.165) is 38.9 Å². The Morgan fingerprint density at radius 1 is 0.944 bits per heavy atom. The topological polar surface area (TPSA) is 43.8 Å². The molecule has 4 nitrogen and oxygen atoms in total. The van der Waals surface area contributed by atoms with E-state index in [-0.39, 0.29) is 6.04 Å². The van der Waals surface area contributed by atoms with Gasteiger partial charge < -0.3 is 10.0 Å². The molecule has 0 radical (unpaired) electrons. The minimum atomic E-state index is -0.629. The molecule has 4 heteroatoms. The largest absolute Gasteiger partial charge is 0.480 e. The number of nitrogens with zero attached hydrogens (tertiary/aromatic N) is 2. The summed E-state index contributed by atoms with van der Waals surface area (Å²) in [4.78, 5) is 16.0. The van der Waals surface area contributed by atoms with E-state index in [1.807, 2.05) is 0 Å². The summed E-state index contributed by atoms with van der Waals surface area (Å²) in [6.07, 6.45) is 8.21. The van der Waals surface area contributed by atoms with Gasteiger partial charge in [-0.1, -0.05) is 19.3 Å². The van der Waals surface area contributed by atoms with Gasteiger partial charge in [0, 0.05) is 13.1 Å². The van der Waals surface area contributed by atoms with Crippen LogP contribution in [0.15, 0.2) is 0 Å². The fourth-order valence-corrected chi connectivity index (χ4v) is 3.17. The zero-order valence-electron chi connectivity index (χ0n) is 11.3. The van der Waals surface area contributed by atoms with E-state index in [4.69, 9.17) is 0 Å². The standard InChI is InChI=1S/C14H26N2O2/c17-14(18)13-7-3-1-6-10-16(13)12-11-15-8-4-2-5-9-15/h13H,1-12H2,(H,17,18). The van der Waals surface area contributed by atoms with Gasteiger partial charge in [0.25, 0.3) is 0 Å². The van der Waals surface area contributed by atoms with Gasteiger partial charge in [0.05, 0.1) is 0 Å². The zero-order valence-corrected chi connectivity index (χ0v) is 11.3. The summed E-state index contributed by atoms with van der Waals surface area (Å²) >= 11 is 0. The first-order chi connectivity index (χ1) is 8.77. The zero-order chi connectivity index (χ0) is 12.8. The average Bonchev–Trinajstić information content (AvgIpc) is 2.63. The Balaban J connectivity index is 1.81. The van der Waals surface area contributed by atoms with Crippen LogP contribution in [0.2, 0.25) is 0 Å². The highest BCUT2D eigenvalue weighted by atomic mass is 16.4. The number of likely N-dealkylation sites (tertiary alicyclic amines) is 2. The molecule has 0 bridgehead atoms. The lowest BCUT2D eigenvalue weighted by molar-refractivity contribution is -0.143. The molecule has 1 N–H and O–H groups in total. The van der Waals surface area contributed by atoms with Crippen LogP contribution in [-0.2, 0) is 4.79 Å². The lowest BCUT2D eigenvalue weighted by atomic mass is 10.1. The molecule has 0 aromatic rings. The average molecular weight is 254 g/mol. The molecule has 0 saturated carbocycles. The lowest BCUT2D eigenvalue weighted by Gasteiger charge is -2.31. The van der Waals surface area contributed by atoms with Crippen LogP contribution in [0.4, 0.5) is 0 Å². The number of carbonyl (C=O) groups is 1. The second kappa shape index (κ2) is 7.10. The number of piperidine rings is 1. The fraction of sp³-hybridized carbons (Fsp3) is 0.929. The monoisotopic (exact) mass is 254 g/mol. The van der Waals surface area contributed by atoms with Crippen LogP contribution in [0.1, 0.15) is 44.9 Å².